The van der Waals surface area contributed by atoms with Crippen LogP contribution in [0.3, 0.4) is 0 Å². The Hall–Kier alpha value is -2.23. The summed E-state index contributed by atoms with van der Waals surface area (Å²) in [6.45, 7) is 0.690. The van der Waals surface area contributed by atoms with Gasteiger partial charge in [-0.3, -0.25) is 10.1 Å². The number of guanidine groups is 1. The number of nitriles is 1. The zero-order chi connectivity index (χ0) is 14.4. The van der Waals surface area contributed by atoms with Gasteiger partial charge in [-0.05, 0) is 12.8 Å². The summed E-state index contributed by atoms with van der Waals surface area (Å²) in [5.74, 6) is 1.19. The summed E-state index contributed by atoms with van der Waals surface area (Å²) in [5, 5.41) is 15.6. The molecule has 0 aliphatic rings. The highest BCUT2D eigenvalue weighted by molar-refractivity contribution is 5.79. The fourth-order valence-corrected chi connectivity index (χ4v) is 1.82. The summed E-state index contributed by atoms with van der Waals surface area (Å²) in [6, 6.07) is 2.06. The summed E-state index contributed by atoms with van der Waals surface area (Å²) in [4.78, 5) is 8.45. The van der Waals surface area contributed by atoms with Crippen molar-refractivity contribution in [1.29, 1.82) is 5.26 Å². The largest absolute Gasteiger partial charge is 0.381 e. The minimum Gasteiger partial charge on any atom is -0.381 e. The van der Waals surface area contributed by atoms with E-state index in [0.717, 1.165) is 18.1 Å². The van der Waals surface area contributed by atoms with Crippen LogP contribution in [0.1, 0.15) is 17.7 Å². The van der Waals surface area contributed by atoms with Crippen LogP contribution < -0.4 is 5.73 Å². The number of nitrogens with zero attached hydrogens (tertiary/aromatic N) is 5. The first-order valence-electron chi connectivity index (χ1n) is 6.09. The van der Waals surface area contributed by atoms with Crippen LogP contribution in [0.25, 0.3) is 0 Å². The normalized spacial score (nSPS) is 9.84. The number of hydrogen-bond donors (Lipinski definition) is 2. The number of anilines is 1. The average Bonchev–Trinajstić information content (AvgIpc) is 2.68. The molecular formula is C12H21N7. The maximum absolute atomic E-state index is 8.95. The standard InChI is InChI=1S/C12H21N7/c1-18(2)12(19(3)4)15-7-5-6-10-9(8-13)11(14)17-16-10/h5-7H2,1-4H3,(H3,14,16,17). The summed E-state index contributed by atoms with van der Waals surface area (Å²) < 4.78 is 0. The van der Waals surface area contributed by atoms with E-state index in [1.807, 2.05) is 38.0 Å². The number of aromatic amines is 1. The van der Waals surface area contributed by atoms with Crippen LogP contribution in [-0.4, -0.2) is 60.7 Å². The first-order valence-corrected chi connectivity index (χ1v) is 6.09. The molecule has 0 fully saturated rings. The topological polar surface area (TPSA) is 97.3 Å². The minimum atomic E-state index is 0.267. The smallest absolute Gasteiger partial charge is 0.195 e. The van der Waals surface area contributed by atoms with Gasteiger partial charge >= 0.3 is 0 Å². The van der Waals surface area contributed by atoms with Gasteiger partial charge in [0.05, 0.1) is 5.69 Å². The Balaban J connectivity index is 2.55. The van der Waals surface area contributed by atoms with Crippen molar-refractivity contribution in [3.8, 4) is 6.07 Å². The van der Waals surface area contributed by atoms with E-state index in [9.17, 15) is 0 Å². The molecule has 0 atom stereocenters. The lowest BCUT2D eigenvalue weighted by Crippen LogP contribution is -2.35. The molecule has 0 saturated heterocycles. The van der Waals surface area contributed by atoms with E-state index in [1.54, 1.807) is 0 Å². The number of aliphatic imine (C=N–C) groups is 1. The van der Waals surface area contributed by atoms with Crippen molar-refractivity contribution < 1.29 is 0 Å². The molecule has 0 spiro atoms. The molecule has 0 aliphatic carbocycles. The number of hydrogen-bond acceptors (Lipinski definition) is 4. The molecule has 1 heterocycles. The first kappa shape index (κ1) is 14.8. The quantitative estimate of drug-likeness (QED) is 0.462. The second-order valence-corrected chi connectivity index (χ2v) is 4.65. The fourth-order valence-electron chi connectivity index (χ4n) is 1.82. The number of aryl methyl sites for hydroxylation is 1. The van der Waals surface area contributed by atoms with Gasteiger partial charge in [0.1, 0.15) is 11.6 Å². The van der Waals surface area contributed by atoms with Gasteiger partial charge in [-0.15, -0.1) is 0 Å². The Morgan fingerprint density at radius 2 is 2.00 bits per heavy atom. The van der Waals surface area contributed by atoms with Crippen LogP contribution in [0.5, 0.6) is 0 Å². The van der Waals surface area contributed by atoms with Crippen molar-refractivity contribution in [3.63, 3.8) is 0 Å². The number of nitrogens with two attached hydrogens (primary N) is 1. The van der Waals surface area contributed by atoms with Crippen molar-refractivity contribution in [2.24, 2.45) is 4.99 Å². The molecule has 0 bridgehead atoms. The van der Waals surface area contributed by atoms with Crippen LogP contribution in [0.2, 0.25) is 0 Å². The van der Waals surface area contributed by atoms with E-state index in [1.165, 1.54) is 0 Å². The third kappa shape index (κ3) is 3.88. The first-order chi connectivity index (χ1) is 8.97. The Kier molecular flexibility index (Phi) is 5.18. The molecule has 7 heteroatoms. The lowest BCUT2D eigenvalue weighted by atomic mass is 10.1. The van der Waals surface area contributed by atoms with Gasteiger partial charge in [-0.2, -0.15) is 10.4 Å². The summed E-state index contributed by atoms with van der Waals surface area (Å²) >= 11 is 0. The van der Waals surface area contributed by atoms with Crippen molar-refractivity contribution in [2.45, 2.75) is 12.8 Å². The molecule has 0 aromatic carbocycles. The number of nitrogens with one attached hydrogen (secondary N) is 1. The molecule has 1 aromatic rings. The number of aromatic nitrogens is 2. The number of H-pyrrole nitrogens is 1. The van der Waals surface area contributed by atoms with Crippen molar-refractivity contribution in [3.05, 3.63) is 11.3 Å². The SMILES string of the molecule is CN(C)C(=NCCCc1[nH]nc(N)c1C#N)N(C)C. The van der Waals surface area contributed by atoms with Crippen LogP contribution >= 0.6 is 0 Å². The summed E-state index contributed by atoms with van der Waals surface area (Å²) in [6.07, 6.45) is 1.55. The van der Waals surface area contributed by atoms with Gasteiger partial charge in [0.15, 0.2) is 11.8 Å². The highest BCUT2D eigenvalue weighted by atomic mass is 15.3. The molecule has 1 rings (SSSR count). The molecule has 7 nitrogen and oxygen atoms in total. The lowest BCUT2D eigenvalue weighted by molar-refractivity contribution is 0.479. The second kappa shape index (κ2) is 6.64. The van der Waals surface area contributed by atoms with E-state index >= 15 is 0 Å². The van der Waals surface area contributed by atoms with Gasteiger partial charge in [-0.1, -0.05) is 0 Å². The second-order valence-electron chi connectivity index (χ2n) is 4.65. The molecule has 1 aromatic heterocycles. The molecule has 0 saturated carbocycles. The van der Waals surface area contributed by atoms with Crippen LogP contribution in [0.15, 0.2) is 4.99 Å². The molecule has 0 amide bonds. The van der Waals surface area contributed by atoms with E-state index in [-0.39, 0.29) is 5.82 Å². The van der Waals surface area contributed by atoms with E-state index in [4.69, 9.17) is 11.0 Å². The fraction of sp³-hybridized carbons (Fsp3) is 0.583. The Morgan fingerprint density at radius 1 is 1.37 bits per heavy atom. The van der Waals surface area contributed by atoms with Crippen LogP contribution in [0, 0.1) is 11.3 Å². The maximum atomic E-state index is 8.95. The summed E-state index contributed by atoms with van der Waals surface area (Å²) in [5.41, 5.74) is 6.81. The molecule has 19 heavy (non-hydrogen) atoms. The van der Waals surface area contributed by atoms with E-state index in [2.05, 4.69) is 21.3 Å². The Morgan fingerprint density at radius 3 is 2.53 bits per heavy atom. The Labute approximate surface area is 113 Å². The monoisotopic (exact) mass is 263 g/mol. The third-order valence-corrected chi connectivity index (χ3v) is 2.62. The zero-order valence-electron chi connectivity index (χ0n) is 11.9. The van der Waals surface area contributed by atoms with Crippen molar-refractivity contribution >= 4 is 11.8 Å². The van der Waals surface area contributed by atoms with E-state index < -0.39 is 0 Å². The van der Waals surface area contributed by atoms with Gasteiger partial charge in [0, 0.05) is 34.7 Å². The Bertz CT molecular complexity index is 469. The predicted octanol–water partition coefficient (Wildman–Crippen LogP) is 0.275. The lowest BCUT2D eigenvalue weighted by Gasteiger charge is -2.22. The molecule has 0 radical (unpaired) electrons. The van der Waals surface area contributed by atoms with Gasteiger partial charge in [0.25, 0.3) is 0 Å². The molecule has 3 N–H and O–H groups in total. The highest BCUT2D eigenvalue weighted by Crippen LogP contribution is 2.13. The van der Waals surface area contributed by atoms with Gasteiger partial charge < -0.3 is 15.5 Å². The van der Waals surface area contributed by atoms with Crippen LogP contribution in [-0.2, 0) is 6.42 Å². The number of nitrogen functional groups attached to an aromatic ring is 1. The van der Waals surface area contributed by atoms with Crippen molar-refractivity contribution in [2.75, 3.05) is 40.5 Å². The predicted molar refractivity (Wildman–Crippen MR) is 75.7 cm³/mol. The van der Waals surface area contributed by atoms with Crippen molar-refractivity contribution in [1.82, 2.24) is 20.0 Å². The molecule has 0 unspecified atom stereocenters. The molecule has 0 aliphatic heterocycles. The minimum absolute atomic E-state index is 0.267. The molecular weight excluding hydrogens is 242 g/mol. The number of rotatable bonds is 4. The average molecular weight is 263 g/mol. The van der Waals surface area contributed by atoms with E-state index in [0.29, 0.717) is 18.5 Å². The highest BCUT2D eigenvalue weighted by Gasteiger charge is 2.09. The third-order valence-electron chi connectivity index (χ3n) is 2.62. The van der Waals surface area contributed by atoms with Gasteiger partial charge in [-0.25, -0.2) is 0 Å². The van der Waals surface area contributed by atoms with Crippen LogP contribution in [0.4, 0.5) is 5.82 Å². The maximum Gasteiger partial charge on any atom is 0.195 e. The summed E-state index contributed by atoms with van der Waals surface area (Å²) in [7, 11) is 7.84. The zero-order valence-corrected chi connectivity index (χ0v) is 11.9. The molecule has 104 valence electrons. The van der Waals surface area contributed by atoms with Gasteiger partial charge in [0.2, 0.25) is 0 Å².